The molecule has 1 heterocycles. The van der Waals surface area contributed by atoms with Crippen molar-refractivity contribution in [3.63, 3.8) is 0 Å². The second-order valence-electron chi connectivity index (χ2n) is 6.40. The van der Waals surface area contributed by atoms with Crippen LogP contribution in [0.2, 0.25) is 0 Å². The fourth-order valence-corrected chi connectivity index (χ4v) is 3.23. The van der Waals surface area contributed by atoms with Crippen LogP contribution in [0.15, 0.2) is 36.4 Å². The molecule has 0 radical (unpaired) electrons. The Hall–Kier alpha value is -3.02. The van der Waals surface area contributed by atoms with Crippen molar-refractivity contribution in [3.05, 3.63) is 47.5 Å². The van der Waals surface area contributed by atoms with Gasteiger partial charge in [-0.05, 0) is 62.2 Å². The lowest BCUT2D eigenvalue weighted by atomic mass is 10.1. The molecular weight excluding hydrogens is 344 g/mol. The minimum absolute atomic E-state index is 0.149. The molecule has 1 saturated heterocycles. The predicted octanol–water partition coefficient (Wildman–Crippen LogP) is 3.78. The Morgan fingerprint density at radius 3 is 2.63 bits per heavy atom. The van der Waals surface area contributed by atoms with Gasteiger partial charge < -0.3 is 19.7 Å². The lowest BCUT2D eigenvalue weighted by Gasteiger charge is -2.19. The van der Waals surface area contributed by atoms with Crippen LogP contribution in [0.3, 0.4) is 0 Å². The van der Waals surface area contributed by atoms with Gasteiger partial charge in [-0.2, -0.15) is 0 Å². The highest BCUT2D eigenvalue weighted by atomic mass is 16.5. The number of hydrogen-bond donors (Lipinski definition) is 1. The summed E-state index contributed by atoms with van der Waals surface area (Å²) in [6.07, 6.45) is 1.48. The van der Waals surface area contributed by atoms with Crippen molar-refractivity contribution in [1.82, 2.24) is 0 Å². The first-order valence-electron chi connectivity index (χ1n) is 9.06. The van der Waals surface area contributed by atoms with Gasteiger partial charge in [0.05, 0.1) is 13.7 Å². The highest BCUT2D eigenvalue weighted by Crippen LogP contribution is 2.30. The SMILES string of the molecule is CCOc1ccc(C(=O)Nc2ccc(N3CCCC3=O)c(C)c2)cc1OC. The van der Waals surface area contributed by atoms with E-state index < -0.39 is 0 Å². The van der Waals surface area contributed by atoms with Crippen LogP contribution in [0.5, 0.6) is 11.5 Å². The maximum absolute atomic E-state index is 12.6. The van der Waals surface area contributed by atoms with Crippen LogP contribution >= 0.6 is 0 Å². The summed E-state index contributed by atoms with van der Waals surface area (Å²) in [6, 6.07) is 10.7. The third kappa shape index (κ3) is 4.05. The summed E-state index contributed by atoms with van der Waals surface area (Å²) in [7, 11) is 1.54. The molecular formula is C21H24N2O4. The van der Waals surface area contributed by atoms with Crippen molar-refractivity contribution < 1.29 is 19.1 Å². The van der Waals surface area contributed by atoms with Crippen molar-refractivity contribution >= 4 is 23.2 Å². The van der Waals surface area contributed by atoms with Crippen LogP contribution in [0.25, 0.3) is 0 Å². The van der Waals surface area contributed by atoms with Gasteiger partial charge in [0.15, 0.2) is 11.5 Å². The van der Waals surface area contributed by atoms with E-state index in [1.54, 1.807) is 30.2 Å². The van der Waals surface area contributed by atoms with E-state index in [4.69, 9.17) is 9.47 Å². The van der Waals surface area contributed by atoms with Gasteiger partial charge in [0.2, 0.25) is 5.91 Å². The Balaban J connectivity index is 1.76. The maximum Gasteiger partial charge on any atom is 0.255 e. The highest BCUT2D eigenvalue weighted by molar-refractivity contribution is 6.05. The first-order valence-corrected chi connectivity index (χ1v) is 9.06. The molecule has 142 valence electrons. The molecule has 2 amide bonds. The average molecular weight is 368 g/mol. The smallest absolute Gasteiger partial charge is 0.255 e. The molecule has 0 unspecified atom stereocenters. The number of hydrogen-bond acceptors (Lipinski definition) is 4. The number of carbonyl (C=O) groups excluding carboxylic acids is 2. The largest absolute Gasteiger partial charge is 0.493 e. The second kappa shape index (κ2) is 8.12. The molecule has 2 aromatic carbocycles. The average Bonchev–Trinajstić information content (AvgIpc) is 3.08. The van der Waals surface area contributed by atoms with Crippen molar-refractivity contribution in [1.29, 1.82) is 0 Å². The molecule has 1 N–H and O–H groups in total. The quantitative estimate of drug-likeness (QED) is 0.842. The number of benzene rings is 2. The standard InChI is InChI=1S/C21H24N2O4/c1-4-27-18-10-7-15(13-19(18)26-3)21(25)22-16-8-9-17(14(2)12-16)23-11-5-6-20(23)24/h7-10,12-13H,4-6,11H2,1-3H3,(H,22,25). The van der Waals surface area contributed by atoms with E-state index in [-0.39, 0.29) is 11.8 Å². The van der Waals surface area contributed by atoms with Gasteiger partial charge in [-0.3, -0.25) is 9.59 Å². The third-order valence-corrected chi connectivity index (χ3v) is 4.54. The van der Waals surface area contributed by atoms with E-state index in [9.17, 15) is 9.59 Å². The number of methoxy groups -OCH3 is 1. The topological polar surface area (TPSA) is 67.9 Å². The summed E-state index contributed by atoms with van der Waals surface area (Å²) >= 11 is 0. The molecule has 0 atom stereocenters. The van der Waals surface area contributed by atoms with Crippen molar-refractivity contribution in [2.75, 3.05) is 30.5 Å². The molecule has 6 heteroatoms. The zero-order valence-electron chi connectivity index (χ0n) is 15.9. The summed E-state index contributed by atoms with van der Waals surface area (Å²) in [6.45, 7) is 5.10. The van der Waals surface area contributed by atoms with Crippen molar-refractivity contribution in [2.24, 2.45) is 0 Å². The normalized spacial score (nSPS) is 13.6. The first-order chi connectivity index (χ1) is 13.0. The zero-order chi connectivity index (χ0) is 19.4. The third-order valence-electron chi connectivity index (χ3n) is 4.54. The first kappa shape index (κ1) is 18.8. The van der Waals surface area contributed by atoms with E-state index in [0.717, 1.165) is 24.2 Å². The number of anilines is 2. The number of rotatable bonds is 6. The lowest BCUT2D eigenvalue weighted by molar-refractivity contribution is -0.117. The molecule has 0 spiro atoms. The van der Waals surface area contributed by atoms with Crippen molar-refractivity contribution in [3.8, 4) is 11.5 Å². The Labute approximate surface area is 159 Å². The molecule has 2 aromatic rings. The fraction of sp³-hybridized carbons (Fsp3) is 0.333. The molecule has 27 heavy (non-hydrogen) atoms. The van der Waals surface area contributed by atoms with Crippen LogP contribution < -0.4 is 19.7 Å². The number of amides is 2. The minimum Gasteiger partial charge on any atom is -0.493 e. The second-order valence-corrected chi connectivity index (χ2v) is 6.40. The fourth-order valence-electron chi connectivity index (χ4n) is 3.23. The molecule has 3 rings (SSSR count). The molecule has 0 saturated carbocycles. The predicted molar refractivity (Wildman–Crippen MR) is 105 cm³/mol. The maximum atomic E-state index is 12.6. The lowest BCUT2D eigenvalue weighted by Crippen LogP contribution is -2.24. The van der Waals surface area contributed by atoms with Gasteiger partial charge >= 0.3 is 0 Å². The number of carbonyl (C=O) groups is 2. The van der Waals surface area contributed by atoms with E-state index in [1.165, 1.54) is 0 Å². The monoisotopic (exact) mass is 368 g/mol. The summed E-state index contributed by atoms with van der Waals surface area (Å²) in [5.41, 5.74) is 3.01. The van der Waals surface area contributed by atoms with Gasteiger partial charge in [-0.15, -0.1) is 0 Å². The minimum atomic E-state index is -0.235. The molecule has 0 aliphatic carbocycles. The molecule has 1 aliphatic heterocycles. The Kier molecular flexibility index (Phi) is 5.64. The molecule has 1 aliphatic rings. The van der Waals surface area contributed by atoms with Gasteiger partial charge in [0.1, 0.15) is 0 Å². The summed E-state index contributed by atoms with van der Waals surface area (Å²) in [5.74, 6) is 1.03. The summed E-state index contributed by atoms with van der Waals surface area (Å²) in [4.78, 5) is 26.3. The van der Waals surface area contributed by atoms with E-state index in [2.05, 4.69) is 5.32 Å². The molecule has 0 aromatic heterocycles. The number of nitrogens with zero attached hydrogens (tertiary/aromatic N) is 1. The van der Waals surface area contributed by atoms with Crippen LogP contribution in [0.1, 0.15) is 35.7 Å². The molecule has 0 bridgehead atoms. The Morgan fingerprint density at radius 2 is 2.00 bits per heavy atom. The Bertz CT molecular complexity index is 863. The molecule has 1 fully saturated rings. The van der Waals surface area contributed by atoms with Crippen molar-refractivity contribution in [2.45, 2.75) is 26.7 Å². The van der Waals surface area contributed by atoms with E-state index in [0.29, 0.717) is 35.8 Å². The van der Waals surface area contributed by atoms with E-state index >= 15 is 0 Å². The van der Waals surface area contributed by atoms with Crippen LogP contribution in [0, 0.1) is 6.92 Å². The van der Waals surface area contributed by atoms with Gasteiger partial charge in [0.25, 0.3) is 5.91 Å². The molecule has 6 nitrogen and oxygen atoms in total. The zero-order valence-corrected chi connectivity index (χ0v) is 15.9. The highest BCUT2D eigenvalue weighted by Gasteiger charge is 2.23. The summed E-state index contributed by atoms with van der Waals surface area (Å²) < 4.78 is 10.8. The van der Waals surface area contributed by atoms with Crippen LogP contribution in [-0.2, 0) is 4.79 Å². The van der Waals surface area contributed by atoms with Gasteiger partial charge in [0, 0.05) is 29.9 Å². The summed E-state index contributed by atoms with van der Waals surface area (Å²) in [5, 5.41) is 2.89. The Morgan fingerprint density at radius 1 is 1.19 bits per heavy atom. The van der Waals surface area contributed by atoms with Crippen LogP contribution in [0.4, 0.5) is 11.4 Å². The number of ether oxygens (including phenoxy) is 2. The van der Waals surface area contributed by atoms with Gasteiger partial charge in [-0.1, -0.05) is 0 Å². The van der Waals surface area contributed by atoms with Crippen LogP contribution in [-0.4, -0.2) is 32.1 Å². The van der Waals surface area contributed by atoms with Gasteiger partial charge in [-0.25, -0.2) is 0 Å². The number of aryl methyl sites for hydroxylation is 1. The number of nitrogens with one attached hydrogen (secondary N) is 1. The van der Waals surface area contributed by atoms with E-state index in [1.807, 2.05) is 32.0 Å².